The molecular formula is C15H25NO. The minimum Gasteiger partial charge on any atom is -0.384 e. The Balaban J connectivity index is 2.58. The smallest absolute Gasteiger partial charge is 0.0543 e. The monoisotopic (exact) mass is 235 g/mol. The molecule has 0 fully saturated rings. The molecule has 1 unspecified atom stereocenters. The van der Waals surface area contributed by atoms with E-state index in [-0.39, 0.29) is 0 Å². The van der Waals surface area contributed by atoms with Crippen LogP contribution in [0.3, 0.4) is 0 Å². The first-order valence-corrected chi connectivity index (χ1v) is 6.39. The molecule has 0 radical (unpaired) electrons. The summed E-state index contributed by atoms with van der Waals surface area (Å²) >= 11 is 0. The van der Waals surface area contributed by atoms with Crippen molar-refractivity contribution in [3.05, 3.63) is 35.4 Å². The highest BCUT2D eigenvalue weighted by Gasteiger charge is 2.11. The number of aryl methyl sites for hydroxylation is 1. The van der Waals surface area contributed by atoms with Gasteiger partial charge in [-0.25, -0.2) is 0 Å². The van der Waals surface area contributed by atoms with E-state index >= 15 is 0 Å². The molecule has 0 amide bonds. The zero-order valence-corrected chi connectivity index (χ0v) is 11.5. The summed E-state index contributed by atoms with van der Waals surface area (Å²) in [5.74, 6) is 1.13. The van der Waals surface area contributed by atoms with Crippen molar-refractivity contribution in [1.82, 2.24) is 5.32 Å². The summed E-state index contributed by atoms with van der Waals surface area (Å²) in [5, 5.41) is 3.51. The van der Waals surface area contributed by atoms with Crippen LogP contribution in [0.5, 0.6) is 0 Å². The highest BCUT2D eigenvalue weighted by Crippen LogP contribution is 2.16. The number of benzene rings is 1. The molecule has 0 heterocycles. The third-order valence-corrected chi connectivity index (χ3v) is 2.82. The van der Waals surface area contributed by atoms with Crippen molar-refractivity contribution in [2.75, 3.05) is 26.8 Å². The second-order valence-electron chi connectivity index (χ2n) is 5.12. The topological polar surface area (TPSA) is 21.3 Å². The van der Waals surface area contributed by atoms with E-state index in [1.807, 2.05) is 0 Å². The van der Waals surface area contributed by atoms with Gasteiger partial charge in [0.2, 0.25) is 0 Å². The number of hydrogen-bond acceptors (Lipinski definition) is 2. The number of ether oxygens (including phenoxy) is 1. The van der Waals surface area contributed by atoms with Gasteiger partial charge in [0.05, 0.1) is 6.61 Å². The summed E-state index contributed by atoms with van der Waals surface area (Å²) in [6, 6.07) is 8.69. The van der Waals surface area contributed by atoms with E-state index in [4.69, 9.17) is 4.74 Å². The van der Waals surface area contributed by atoms with Gasteiger partial charge in [-0.3, -0.25) is 0 Å². The van der Waals surface area contributed by atoms with Crippen LogP contribution in [0.2, 0.25) is 0 Å². The minimum absolute atomic E-state index is 0.443. The third-order valence-electron chi connectivity index (χ3n) is 2.82. The Morgan fingerprint density at radius 3 is 2.59 bits per heavy atom. The van der Waals surface area contributed by atoms with Crippen molar-refractivity contribution in [3.63, 3.8) is 0 Å². The molecule has 0 aromatic heterocycles. The first-order chi connectivity index (χ1) is 8.13. The van der Waals surface area contributed by atoms with Crippen LogP contribution < -0.4 is 5.32 Å². The van der Waals surface area contributed by atoms with E-state index in [9.17, 15) is 0 Å². The Kier molecular flexibility index (Phi) is 6.23. The van der Waals surface area contributed by atoms with E-state index in [1.165, 1.54) is 11.1 Å². The van der Waals surface area contributed by atoms with Crippen LogP contribution in [-0.4, -0.2) is 26.8 Å². The van der Waals surface area contributed by atoms with Gasteiger partial charge in [0.1, 0.15) is 0 Å². The summed E-state index contributed by atoms with van der Waals surface area (Å²) in [5.41, 5.74) is 2.68. The fourth-order valence-corrected chi connectivity index (χ4v) is 1.94. The normalized spacial score (nSPS) is 13.0. The highest BCUT2D eigenvalue weighted by atomic mass is 16.5. The Morgan fingerprint density at radius 1 is 1.24 bits per heavy atom. The van der Waals surface area contributed by atoms with Gasteiger partial charge in [-0.1, -0.05) is 43.7 Å². The van der Waals surface area contributed by atoms with Gasteiger partial charge in [-0.15, -0.1) is 0 Å². The van der Waals surface area contributed by atoms with Gasteiger partial charge >= 0.3 is 0 Å². The molecule has 0 spiro atoms. The van der Waals surface area contributed by atoms with Crippen LogP contribution in [-0.2, 0) is 4.74 Å². The summed E-state index contributed by atoms with van der Waals surface area (Å²) < 4.78 is 5.32. The SMILES string of the molecule is COCC(CNCC(C)C)c1cccc(C)c1. The second-order valence-corrected chi connectivity index (χ2v) is 5.12. The molecule has 0 aliphatic heterocycles. The second kappa shape index (κ2) is 7.46. The third kappa shape index (κ3) is 5.33. The van der Waals surface area contributed by atoms with E-state index in [0.29, 0.717) is 11.8 Å². The molecule has 0 saturated carbocycles. The molecule has 2 nitrogen and oxygen atoms in total. The fraction of sp³-hybridized carbons (Fsp3) is 0.600. The first kappa shape index (κ1) is 14.2. The van der Waals surface area contributed by atoms with Crippen LogP contribution in [0.4, 0.5) is 0 Å². The summed E-state index contributed by atoms with van der Waals surface area (Å²) in [6.45, 7) is 9.40. The van der Waals surface area contributed by atoms with Crippen LogP contribution in [0.15, 0.2) is 24.3 Å². The Morgan fingerprint density at radius 2 is 2.00 bits per heavy atom. The van der Waals surface area contributed by atoms with Crippen LogP contribution in [0.25, 0.3) is 0 Å². The quantitative estimate of drug-likeness (QED) is 0.784. The standard InChI is InChI=1S/C15H25NO/c1-12(2)9-16-10-15(11-17-4)14-7-5-6-13(3)8-14/h5-8,12,15-16H,9-11H2,1-4H3. The van der Waals surface area contributed by atoms with E-state index in [1.54, 1.807) is 7.11 Å². The largest absolute Gasteiger partial charge is 0.384 e. The molecule has 1 aromatic carbocycles. The average molecular weight is 235 g/mol. The van der Waals surface area contributed by atoms with Gasteiger partial charge in [-0.2, -0.15) is 0 Å². The van der Waals surface area contributed by atoms with Crippen molar-refractivity contribution >= 4 is 0 Å². The zero-order chi connectivity index (χ0) is 12.7. The summed E-state index contributed by atoms with van der Waals surface area (Å²) in [7, 11) is 1.77. The molecule has 1 N–H and O–H groups in total. The maximum Gasteiger partial charge on any atom is 0.0543 e. The average Bonchev–Trinajstić information content (AvgIpc) is 2.27. The van der Waals surface area contributed by atoms with Crippen molar-refractivity contribution < 1.29 is 4.74 Å². The molecule has 1 aromatic rings. The zero-order valence-electron chi connectivity index (χ0n) is 11.5. The van der Waals surface area contributed by atoms with E-state index in [2.05, 4.69) is 50.4 Å². The molecule has 0 bridgehead atoms. The van der Waals surface area contributed by atoms with Gasteiger partial charge in [-0.05, 0) is 24.9 Å². The predicted molar refractivity (Wildman–Crippen MR) is 73.5 cm³/mol. The molecule has 0 aliphatic carbocycles. The Bertz CT molecular complexity index is 322. The van der Waals surface area contributed by atoms with Crippen molar-refractivity contribution in [2.24, 2.45) is 5.92 Å². The first-order valence-electron chi connectivity index (χ1n) is 6.39. The lowest BCUT2D eigenvalue weighted by atomic mass is 9.98. The Hall–Kier alpha value is -0.860. The lowest BCUT2D eigenvalue weighted by molar-refractivity contribution is 0.177. The maximum atomic E-state index is 5.32. The molecule has 1 rings (SSSR count). The summed E-state index contributed by atoms with van der Waals surface area (Å²) in [6.07, 6.45) is 0. The van der Waals surface area contributed by atoms with Gasteiger partial charge in [0.15, 0.2) is 0 Å². The minimum atomic E-state index is 0.443. The molecular weight excluding hydrogens is 210 g/mol. The Labute approximate surface area is 105 Å². The van der Waals surface area contributed by atoms with E-state index < -0.39 is 0 Å². The highest BCUT2D eigenvalue weighted by molar-refractivity contribution is 5.25. The van der Waals surface area contributed by atoms with Crippen LogP contribution >= 0.6 is 0 Å². The van der Waals surface area contributed by atoms with Gasteiger partial charge in [0, 0.05) is 19.6 Å². The van der Waals surface area contributed by atoms with Crippen molar-refractivity contribution in [2.45, 2.75) is 26.7 Å². The maximum absolute atomic E-state index is 5.32. The lowest BCUT2D eigenvalue weighted by Crippen LogP contribution is -2.27. The molecule has 17 heavy (non-hydrogen) atoms. The van der Waals surface area contributed by atoms with Gasteiger partial charge in [0.25, 0.3) is 0 Å². The van der Waals surface area contributed by atoms with Gasteiger partial charge < -0.3 is 10.1 Å². The number of nitrogens with one attached hydrogen (secondary N) is 1. The number of methoxy groups -OCH3 is 1. The number of hydrogen-bond donors (Lipinski definition) is 1. The molecule has 0 aliphatic rings. The molecule has 96 valence electrons. The van der Waals surface area contributed by atoms with Crippen molar-refractivity contribution in [1.29, 1.82) is 0 Å². The van der Waals surface area contributed by atoms with E-state index in [0.717, 1.165) is 19.7 Å². The fourth-order valence-electron chi connectivity index (χ4n) is 1.94. The lowest BCUT2D eigenvalue weighted by Gasteiger charge is -2.18. The predicted octanol–water partition coefficient (Wildman–Crippen LogP) is 2.97. The molecule has 2 heteroatoms. The molecule has 1 atom stereocenters. The van der Waals surface area contributed by atoms with Crippen LogP contribution in [0, 0.1) is 12.8 Å². The number of rotatable bonds is 7. The molecule has 0 saturated heterocycles. The van der Waals surface area contributed by atoms with Crippen molar-refractivity contribution in [3.8, 4) is 0 Å². The summed E-state index contributed by atoms with van der Waals surface area (Å²) in [4.78, 5) is 0. The van der Waals surface area contributed by atoms with Crippen LogP contribution in [0.1, 0.15) is 30.9 Å².